The first-order chi connectivity index (χ1) is 8.83. The van der Waals surface area contributed by atoms with Gasteiger partial charge in [-0.25, -0.2) is 8.42 Å². The molecule has 0 aliphatic carbocycles. The van der Waals surface area contributed by atoms with Crippen LogP contribution in [-0.4, -0.2) is 18.6 Å². The second kappa shape index (κ2) is 4.92. The normalized spacial score (nSPS) is 11.5. The van der Waals surface area contributed by atoms with E-state index >= 15 is 0 Å². The molecule has 0 bridgehead atoms. The van der Waals surface area contributed by atoms with Gasteiger partial charge in [-0.1, -0.05) is 23.2 Å². The quantitative estimate of drug-likeness (QED) is 0.756. The van der Waals surface area contributed by atoms with Crippen LogP contribution in [0.15, 0.2) is 23.2 Å². The van der Waals surface area contributed by atoms with Gasteiger partial charge in [0.05, 0.1) is 21.9 Å². The molecular formula is C10H10Cl2N4O2S. The molecule has 0 fully saturated rings. The highest BCUT2D eigenvalue weighted by Gasteiger charge is 2.22. The van der Waals surface area contributed by atoms with Gasteiger partial charge in [0.1, 0.15) is 10.7 Å². The minimum absolute atomic E-state index is 0.0209. The molecule has 0 unspecified atom stereocenters. The van der Waals surface area contributed by atoms with Crippen LogP contribution in [0, 0.1) is 6.92 Å². The van der Waals surface area contributed by atoms with E-state index in [0.29, 0.717) is 5.56 Å². The SMILES string of the molecule is Cc1cn[nH]c1NS(=O)(=O)c1ccc(Cl)c(N)c1Cl. The van der Waals surface area contributed by atoms with Crippen molar-refractivity contribution in [2.45, 2.75) is 11.8 Å². The number of rotatable bonds is 3. The Bertz CT molecular complexity index is 727. The number of aryl methyl sites for hydroxylation is 1. The molecule has 2 rings (SSSR count). The standard InChI is InChI=1S/C10H10Cl2N4O2S/c1-5-4-14-15-10(5)16-19(17,18)7-3-2-6(11)9(13)8(7)12/h2-4H,13H2,1H3,(H2,14,15,16). The number of halogens is 2. The number of sulfonamides is 1. The van der Waals surface area contributed by atoms with Crippen molar-refractivity contribution < 1.29 is 8.42 Å². The van der Waals surface area contributed by atoms with E-state index in [0.717, 1.165) is 0 Å². The minimum Gasteiger partial charge on any atom is -0.396 e. The van der Waals surface area contributed by atoms with Crippen LogP contribution in [0.3, 0.4) is 0 Å². The summed E-state index contributed by atoms with van der Waals surface area (Å²) in [6.07, 6.45) is 1.50. The number of anilines is 2. The summed E-state index contributed by atoms with van der Waals surface area (Å²) in [4.78, 5) is -0.148. The third kappa shape index (κ3) is 2.63. The Balaban J connectivity index is 2.46. The molecule has 9 heteroatoms. The average Bonchev–Trinajstić information content (AvgIpc) is 2.71. The maximum Gasteiger partial charge on any atom is 0.264 e. The zero-order valence-corrected chi connectivity index (χ0v) is 12.1. The molecule has 0 aliphatic rings. The lowest BCUT2D eigenvalue weighted by Gasteiger charge is -2.10. The number of aromatic amines is 1. The van der Waals surface area contributed by atoms with Crippen molar-refractivity contribution in [3.63, 3.8) is 0 Å². The molecular weight excluding hydrogens is 311 g/mol. The van der Waals surface area contributed by atoms with Crippen LogP contribution in [-0.2, 0) is 10.0 Å². The highest BCUT2D eigenvalue weighted by molar-refractivity contribution is 7.92. The Labute approximate surface area is 120 Å². The molecule has 102 valence electrons. The molecule has 0 atom stereocenters. The molecule has 0 saturated carbocycles. The lowest BCUT2D eigenvalue weighted by molar-refractivity contribution is 0.601. The fraction of sp³-hybridized carbons (Fsp3) is 0.100. The van der Waals surface area contributed by atoms with Gasteiger partial charge < -0.3 is 5.73 Å². The lowest BCUT2D eigenvalue weighted by atomic mass is 10.3. The van der Waals surface area contributed by atoms with E-state index < -0.39 is 10.0 Å². The number of benzene rings is 1. The molecule has 1 heterocycles. The zero-order valence-electron chi connectivity index (χ0n) is 9.74. The third-order valence-electron chi connectivity index (χ3n) is 2.45. The van der Waals surface area contributed by atoms with Gasteiger partial charge in [-0.15, -0.1) is 0 Å². The molecule has 0 spiro atoms. The minimum atomic E-state index is -3.87. The fourth-order valence-corrected chi connectivity index (χ4v) is 3.25. The Hall–Kier alpha value is -1.44. The topological polar surface area (TPSA) is 101 Å². The highest BCUT2D eigenvalue weighted by Crippen LogP contribution is 2.33. The van der Waals surface area contributed by atoms with E-state index in [4.69, 9.17) is 28.9 Å². The Morgan fingerprint density at radius 1 is 1.37 bits per heavy atom. The Morgan fingerprint density at radius 3 is 2.63 bits per heavy atom. The maximum absolute atomic E-state index is 12.2. The van der Waals surface area contributed by atoms with Gasteiger partial charge in [-0.3, -0.25) is 9.82 Å². The number of nitrogens with zero attached hydrogens (tertiary/aromatic N) is 1. The number of hydrogen-bond donors (Lipinski definition) is 3. The summed E-state index contributed by atoms with van der Waals surface area (Å²) < 4.78 is 26.7. The largest absolute Gasteiger partial charge is 0.396 e. The fourth-order valence-electron chi connectivity index (χ4n) is 1.40. The van der Waals surface area contributed by atoms with Gasteiger partial charge in [-0.05, 0) is 19.1 Å². The van der Waals surface area contributed by atoms with Gasteiger partial charge in [0.2, 0.25) is 0 Å². The number of nitrogens with one attached hydrogen (secondary N) is 2. The molecule has 2 aromatic rings. The monoisotopic (exact) mass is 320 g/mol. The maximum atomic E-state index is 12.2. The van der Waals surface area contributed by atoms with Crippen LogP contribution < -0.4 is 10.5 Å². The van der Waals surface area contributed by atoms with Crippen LogP contribution in [0.5, 0.6) is 0 Å². The van der Waals surface area contributed by atoms with E-state index in [1.165, 1.54) is 18.3 Å². The number of nitrogen functional groups attached to an aromatic ring is 1. The predicted molar refractivity (Wildman–Crippen MR) is 75.0 cm³/mol. The zero-order chi connectivity index (χ0) is 14.2. The van der Waals surface area contributed by atoms with Gasteiger partial charge in [0.15, 0.2) is 0 Å². The van der Waals surface area contributed by atoms with Gasteiger partial charge in [-0.2, -0.15) is 5.10 Å². The highest BCUT2D eigenvalue weighted by atomic mass is 35.5. The smallest absolute Gasteiger partial charge is 0.264 e. The van der Waals surface area contributed by atoms with Gasteiger partial charge in [0.25, 0.3) is 10.0 Å². The summed E-state index contributed by atoms with van der Waals surface area (Å²) in [5, 5.41) is 6.34. The summed E-state index contributed by atoms with van der Waals surface area (Å²) in [5.41, 5.74) is 6.28. The second-order valence-corrected chi connectivity index (χ2v) is 6.24. The molecule has 1 aromatic carbocycles. The summed E-state index contributed by atoms with van der Waals surface area (Å²) in [6, 6.07) is 2.66. The molecule has 6 nitrogen and oxygen atoms in total. The van der Waals surface area contributed by atoms with Crippen molar-refractivity contribution in [3.8, 4) is 0 Å². The third-order valence-corrected chi connectivity index (χ3v) is 4.69. The number of hydrogen-bond acceptors (Lipinski definition) is 4. The Kier molecular flexibility index (Phi) is 3.62. The van der Waals surface area contributed by atoms with Crippen LogP contribution in [0.2, 0.25) is 10.0 Å². The van der Waals surface area contributed by atoms with E-state index in [1.54, 1.807) is 6.92 Å². The molecule has 0 saturated heterocycles. The molecule has 4 N–H and O–H groups in total. The first-order valence-electron chi connectivity index (χ1n) is 5.09. The average molecular weight is 321 g/mol. The predicted octanol–water partition coefficient (Wildman–Crippen LogP) is 2.41. The molecule has 1 aromatic heterocycles. The first kappa shape index (κ1) is 14.0. The van der Waals surface area contributed by atoms with Crippen LogP contribution in [0.1, 0.15) is 5.56 Å². The van der Waals surface area contributed by atoms with Crippen molar-refractivity contribution >= 4 is 44.7 Å². The Morgan fingerprint density at radius 2 is 2.05 bits per heavy atom. The van der Waals surface area contributed by atoms with E-state index in [2.05, 4.69) is 14.9 Å². The van der Waals surface area contributed by atoms with Crippen molar-refractivity contribution in [2.75, 3.05) is 10.5 Å². The summed E-state index contributed by atoms with van der Waals surface area (Å²) >= 11 is 11.7. The van der Waals surface area contributed by atoms with E-state index in [1.807, 2.05) is 0 Å². The van der Waals surface area contributed by atoms with Crippen molar-refractivity contribution in [1.82, 2.24) is 10.2 Å². The summed E-state index contributed by atoms with van der Waals surface area (Å²) in [5.74, 6) is 0.268. The second-order valence-electron chi connectivity index (χ2n) is 3.81. The molecule has 0 radical (unpaired) electrons. The van der Waals surface area contributed by atoms with Crippen LogP contribution in [0.25, 0.3) is 0 Å². The van der Waals surface area contributed by atoms with Crippen LogP contribution >= 0.6 is 23.2 Å². The molecule has 0 amide bonds. The first-order valence-corrected chi connectivity index (χ1v) is 7.33. The number of aromatic nitrogens is 2. The summed E-state index contributed by atoms with van der Waals surface area (Å²) in [6.45, 7) is 1.71. The van der Waals surface area contributed by atoms with Gasteiger partial charge >= 0.3 is 0 Å². The van der Waals surface area contributed by atoms with Crippen molar-refractivity contribution in [3.05, 3.63) is 33.9 Å². The van der Waals surface area contributed by atoms with Gasteiger partial charge in [0, 0.05) is 5.56 Å². The number of H-pyrrole nitrogens is 1. The number of nitrogens with two attached hydrogens (primary N) is 1. The van der Waals surface area contributed by atoms with Crippen molar-refractivity contribution in [2.24, 2.45) is 0 Å². The summed E-state index contributed by atoms with van der Waals surface area (Å²) in [7, 11) is -3.87. The van der Waals surface area contributed by atoms with Crippen LogP contribution in [0.4, 0.5) is 11.5 Å². The molecule has 0 aliphatic heterocycles. The molecule has 19 heavy (non-hydrogen) atoms. The van der Waals surface area contributed by atoms with E-state index in [-0.39, 0.29) is 26.4 Å². The lowest BCUT2D eigenvalue weighted by Crippen LogP contribution is -2.15. The van der Waals surface area contributed by atoms with E-state index in [9.17, 15) is 8.42 Å². The van der Waals surface area contributed by atoms with Crippen molar-refractivity contribution in [1.29, 1.82) is 0 Å².